The van der Waals surface area contributed by atoms with E-state index in [1.54, 1.807) is 17.0 Å². The zero-order chi connectivity index (χ0) is 23.9. The molecule has 1 aromatic heterocycles. The van der Waals surface area contributed by atoms with Gasteiger partial charge in [-0.1, -0.05) is 84.5 Å². The third kappa shape index (κ3) is 6.54. The van der Waals surface area contributed by atoms with Crippen molar-refractivity contribution in [3.8, 4) is 11.3 Å². The predicted molar refractivity (Wildman–Crippen MR) is 146 cm³/mol. The Morgan fingerprint density at radius 1 is 1.09 bits per heavy atom. The van der Waals surface area contributed by atoms with Crippen molar-refractivity contribution in [3.63, 3.8) is 0 Å². The van der Waals surface area contributed by atoms with Crippen LogP contribution >= 0.6 is 46.9 Å². The van der Waals surface area contributed by atoms with Gasteiger partial charge in [-0.15, -0.1) is 11.3 Å². The van der Waals surface area contributed by atoms with Crippen molar-refractivity contribution in [2.75, 3.05) is 11.9 Å². The molecule has 1 aliphatic heterocycles. The van der Waals surface area contributed by atoms with E-state index in [0.717, 1.165) is 36.1 Å². The Morgan fingerprint density at radius 2 is 1.85 bits per heavy atom. The summed E-state index contributed by atoms with van der Waals surface area (Å²) in [6.07, 6.45) is 4.59. The molecule has 1 N–H and O–H groups in total. The van der Waals surface area contributed by atoms with E-state index in [0.29, 0.717) is 32.3 Å². The lowest BCUT2D eigenvalue weighted by Gasteiger charge is -2.14. The zero-order valence-electron chi connectivity index (χ0n) is 18.2. The van der Waals surface area contributed by atoms with Crippen LogP contribution in [0, 0.1) is 0 Å². The SMILES string of the molecule is O=C(CCCCCN1C(=O)C(=Cc2ccc(Cl)cc2)SC1=S)Nc1nc(-c2ccccc2)cs1. The van der Waals surface area contributed by atoms with E-state index in [1.807, 2.05) is 53.9 Å². The molecular formula is C25H22ClN3O2S3. The van der Waals surface area contributed by atoms with Gasteiger partial charge in [0.15, 0.2) is 5.13 Å². The lowest BCUT2D eigenvalue weighted by Crippen LogP contribution is -2.29. The summed E-state index contributed by atoms with van der Waals surface area (Å²) in [4.78, 5) is 31.7. The maximum absolute atomic E-state index is 12.7. The number of benzene rings is 2. The quantitative estimate of drug-likeness (QED) is 0.187. The third-order valence-corrected chi connectivity index (χ3v) is 7.53. The molecule has 2 heterocycles. The van der Waals surface area contributed by atoms with Gasteiger partial charge in [0.25, 0.3) is 5.91 Å². The fraction of sp³-hybridized carbons (Fsp3) is 0.200. The fourth-order valence-corrected chi connectivity index (χ4v) is 5.56. The van der Waals surface area contributed by atoms with Crippen molar-refractivity contribution < 1.29 is 9.59 Å². The molecule has 0 radical (unpaired) electrons. The molecule has 0 aliphatic carbocycles. The van der Waals surface area contributed by atoms with Crippen molar-refractivity contribution in [3.05, 3.63) is 75.5 Å². The lowest BCUT2D eigenvalue weighted by atomic mass is 10.1. The number of nitrogens with zero attached hydrogens (tertiary/aromatic N) is 2. The molecule has 1 aliphatic rings. The predicted octanol–water partition coefficient (Wildman–Crippen LogP) is 6.86. The first kappa shape index (κ1) is 24.6. The van der Waals surface area contributed by atoms with Crippen molar-refractivity contribution in [2.24, 2.45) is 0 Å². The van der Waals surface area contributed by atoms with E-state index in [4.69, 9.17) is 23.8 Å². The van der Waals surface area contributed by atoms with Crippen LogP contribution in [-0.4, -0.2) is 32.6 Å². The normalized spacial score (nSPS) is 14.7. The Bertz CT molecular complexity index is 1210. The Labute approximate surface area is 217 Å². The summed E-state index contributed by atoms with van der Waals surface area (Å²) in [7, 11) is 0. The van der Waals surface area contributed by atoms with E-state index < -0.39 is 0 Å². The summed E-state index contributed by atoms with van der Waals surface area (Å²) >= 11 is 14.1. The summed E-state index contributed by atoms with van der Waals surface area (Å²) in [6, 6.07) is 17.2. The number of nitrogens with one attached hydrogen (secondary N) is 1. The molecule has 0 spiro atoms. The molecule has 1 saturated heterocycles. The average Bonchev–Trinajstić information content (AvgIpc) is 3.40. The summed E-state index contributed by atoms with van der Waals surface area (Å²) in [6.45, 7) is 0.553. The number of carbonyl (C=O) groups excluding carboxylic acids is 2. The minimum Gasteiger partial charge on any atom is -0.302 e. The maximum atomic E-state index is 12.7. The van der Waals surface area contributed by atoms with Gasteiger partial charge in [-0.25, -0.2) is 4.98 Å². The van der Waals surface area contributed by atoms with Gasteiger partial charge in [-0.05, 0) is 36.6 Å². The number of thiazole rings is 1. The van der Waals surface area contributed by atoms with Crippen molar-refractivity contribution in [2.45, 2.75) is 25.7 Å². The Kier molecular flexibility index (Phi) is 8.50. The first-order valence-electron chi connectivity index (χ1n) is 10.8. The van der Waals surface area contributed by atoms with Crippen molar-refractivity contribution in [1.29, 1.82) is 0 Å². The van der Waals surface area contributed by atoms with Crippen LogP contribution in [0.5, 0.6) is 0 Å². The largest absolute Gasteiger partial charge is 0.302 e. The molecule has 0 unspecified atom stereocenters. The van der Waals surface area contributed by atoms with Gasteiger partial charge in [0, 0.05) is 28.9 Å². The van der Waals surface area contributed by atoms with Crippen LogP contribution in [-0.2, 0) is 9.59 Å². The zero-order valence-corrected chi connectivity index (χ0v) is 21.4. The number of amides is 2. The highest BCUT2D eigenvalue weighted by Gasteiger charge is 2.31. The van der Waals surface area contributed by atoms with E-state index >= 15 is 0 Å². The highest BCUT2D eigenvalue weighted by atomic mass is 35.5. The van der Waals surface area contributed by atoms with Crippen LogP contribution in [0.4, 0.5) is 5.13 Å². The number of aromatic nitrogens is 1. The molecule has 174 valence electrons. The van der Waals surface area contributed by atoms with Crippen LogP contribution in [0.2, 0.25) is 5.02 Å². The van der Waals surface area contributed by atoms with E-state index in [-0.39, 0.29) is 11.8 Å². The molecule has 9 heteroatoms. The van der Waals surface area contributed by atoms with Gasteiger partial charge in [-0.3, -0.25) is 14.5 Å². The maximum Gasteiger partial charge on any atom is 0.266 e. The second-order valence-corrected chi connectivity index (χ2v) is 10.6. The summed E-state index contributed by atoms with van der Waals surface area (Å²) in [5.74, 6) is -0.119. The van der Waals surface area contributed by atoms with Gasteiger partial charge in [0.2, 0.25) is 5.91 Å². The molecule has 4 rings (SSSR count). The Balaban J connectivity index is 1.18. The van der Waals surface area contributed by atoms with Gasteiger partial charge >= 0.3 is 0 Å². The van der Waals surface area contributed by atoms with E-state index in [2.05, 4.69) is 10.3 Å². The Morgan fingerprint density at radius 3 is 2.62 bits per heavy atom. The smallest absolute Gasteiger partial charge is 0.266 e. The molecular weight excluding hydrogens is 506 g/mol. The molecule has 5 nitrogen and oxygen atoms in total. The van der Waals surface area contributed by atoms with Gasteiger partial charge in [0.1, 0.15) is 4.32 Å². The summed E-state index contributed by atoms with van der Waals surface area (Å²) in [5.41, 5.74) is 2.79. The minimum atomic E-state index is -0.0688. The first-order valence-corrected chi connectivity index (χ1v) is 13.3. The Hall–Kier alpha value is -2.52. The lowest BCUT2D eigenvalue weighted by molar-refractivity contribution is -0.122. The molecule has 1 fully saturated rings. The number of halogens is 1. The molecule has 2 amide bonds. The monoisotopic (exact) mass is 527 g/mol. The number of carbonyl (C=O) groups is 2. The molecule has 0 saturated carbocycles. The number of hydrogen-bond acceptors (Lipinski definition) is 6. The van der Waals surface area contributed by atoms with Crippen LogP contribution in [0.15, 0.2) is 64.9 Å². The standard InChI is InChI=1S/C25H22ClN3O2S3/c26-19-12-10-17(11-13-19)15-21-23(31)29(25(32)34-21)14-6-2-5-9-22(30)28-24-27-20(16-33-24)18-7-3-1-4-8-18/h1,3-4,7-8,10-13,15-16H,2,5-6,9,14H2,(H,27,28,30). The second kappa shape index (κ2) is 11.8. The minimum absolute atomic E-state index is 0.0505. The topological polar surface area (TPSA) is 62.3 Å². The number of thiocarbonyl (C=S) groups is 1. The highest BCUT2D eigenvalue weighted by molar-refractivity contribution is 8.26. The number of unbranched alkanes of at least 4 members (excludes halogenated alkanes) is 2. The molecule has 0 atom stereocenters. The van der Waals surface area contributed by atoms with Crippen LogP contribution < -0.4 is 5.32 Å². The number of anilines is 1. The van der Waals surface area contributed by atoms with Gasteiger partial charge < -0.3 is 5.32 Å². The summed E-state index contributed by atoms with van der Waals surface area (Å²) < 4.78 is 0.570. The van der Waals surface area contributed by atoms with E-state index in [1.165, 1.54) is 23.1 Å². The van der Waals surface area contributed by atoms with Gasteiger partial charge in [-0.2, -0.15) is 0 Å². The first-order chi connectivity index (χ1) is 16.5. The van der Waals surface area contributed by atoms with Crippen LogP contribution in [0.3, 0.4) is 0 Å². The fourth-order valence-electron chi connectivity index (χ4n) is 3.39. The van der Waals surface area contributed by atoms with Crippen molar-refractivity contribution >= 4 is 74.3 Å². The van der Waals surface area contributed by atoms with Gasteiger partial charge in [0.05, 0.1) is 10.6 Å². The summed E-state index contributed by atoms with van der Waals surface area (Å²) in [5, 5.41) is 6.07. The number of thioether (sulfide) groups is 1. The molecule has 3 aromatic rings. The highest BCUT2D eigenvalue weighted by Crippen LogP contribution is 2.33. The van der Waals surface area contributed by atoms with Crippen LogP contribution in [0.1, 0.15) is 31.2 Å². The number of hydrogen-bond donors (Lipinski definition) is 1. The third-order valence-electron chi connectivity index (χ3n) is 5.15. The average molecular weight is 528 g/mol. The molecule has 34 heavy (non-hydrogen) atoms. The molecule has 2 aromatic carbocycles. The van der Waals surface area contributed by atoms with Crippen molar-refractivity contribution in [1.82, 2.24) is 9.88 Å². The number of rotatable bonds is 9. The second-order valence-electron chi connectivity index (χ2n) is 7.65. The van der Waals surface area contributed by atoms with E-state index in [9.17, 15) is 9.59 Å². The van der Waals surface area contributed by atoms with Crippen LogP contribution in [0.25, 0.3) is 17.3 Å². The molecule has 0 bridgehead atoms.